The predicted molar refractivity (Wildman–Crippen MR) is 113 cm³/mol. The molecule has 0 spiro atoms. The fraction of sp³-hybridized carbons (Fsp3) is 0.273. The van der Waals surface area contributed by atoms with Gasteiger partial charge in [0.2, 0.25) is 5.95 Å². The number of nitrogens with zero attached hydrogens (tertiary/aromatic N) is 4. The van der Waals surface area contributed by atoms with Crippen LogP contribution in [0.5, 0.6) is 0 Å². The number of pyridine rings is 1. The average Bonchev–Trinajstić information content (AvgIpc) is 3.32. The summed E-state index contributed by atoms with van der Waals surface area (Å²) in [5, 5.41) is 2.94. The number of imidazole rings is 2. The standard InChI is InChI=1S/C22H24N6O/c1-22(2,3)20-24-14-17(25-20)19(29)27-21-26-16-9-4-5-10-18(16)28(21)13-11-15-8-6-7-12-23-15/h4-10,12,14H,11,13H2,1-3H3,(H,24,25)(H,26,27,29). The molecular formula is C22H24N6O. The van der Waals surface area contributed by atoms with E-state index in [2.05, 4.69) is 25.3 Å². The smallest absolute Gasteiger partial charge is 0.276 e. The molecule has 0 atom stereocenters. The van der Waals surface area contributed by atoms with Crippen molar-refractivity contribution in [3.05, 3.63) is 72.1 Å². The van der Waals surface area contributed by atoms with Crippen LogP contribution in [0, 0.1) is 0 Å². The summed E-state index contributed by atoms with van der Waals surface area (Å²) in [4.78, 5) is 29.3. The van der Waals surface area contributed by atoms with Crippen LogP contribution in [0.3, 0.4) is 0 Å². The Hall–Kier alpha value is -3.48. The van der Waals surface area contributed by atoms with Gasteiger partial charge in [0.1, 0.15) is 11.5 Å². The Morgan fingerprint density at radius 1 is 1.10 bits per heavy atom. The number of para-hydroxylation sites is 2. The Kier molecular flexibility index (Phi) is 4.88. The van der Waals surface area contributed by atoms with Crippen molar-refractivity contribution in [2.75, 3.05) is 5.32 Å². The van der Waals surface area contributed by atoms with Gasteiger partial charge in [0, 0.05) is 30.3 Å². The van der Waals surface area contributed by atoms with Crippen molar-refractivity contribution in [1.29, 1.82) is 0 Å². The van der Waals surface area contributed by atoms with Crippen molar-refractivity contribution in [2.45, 2.75) is 39.2 Å². The number of aryl methyl sites for hydroxylation is 2. The number of aromatic nitrogens is 5. The van der Waals surface area contributed by atoms with Crippen LogP contribution < -0.4 is 5.32 Å². The SMILES string of the molecule is CC(C)(C)c1ncc(C(=O)Nc2nc3ccccc3n2CCc2ccccn2)[nH]1. The molecule has 0 saturated heterocycles. The fourth-order valence-electron chi connectivity index (χ4n) is 3.16. The molecule has 29 heavy (non-hydrogen) atoms. The van der Waals surface area contributed by atoms with Gasteiger partial charge in [-0.1, -0.05) is 39.0 Å². The maximum absolute atomic E-state index is 12.8. The van der Waals surface area contributed by atoms with Gasteiger partial charge in [-0.15, -0.1) is 0 Å². The lowest BCUT2D eigenvalue weighted by molar-refractivity contribution is 0.102. The Morgan fingerprint density at radius 2 is 1.90 bits per heavy atom. The monoisotopic (exact) mass is 388 g/mol. The molecule has 3 heterocycles. The van der Waals surface area contributed by atoms with E-state index in [0.29, 0.717) is 18.2 Å². The number of carbonyl (C=O) groups is 1. The van der Waals surface area contributed by atoms with Gasteiger partial charge >= 0.3 is 0 Å². The van der Waals surface area contributed by atoms with Crippen LogP contribution in [0.1, 0.15) is 42.8 Å². The first-order valence-electron chi connectivity index (χ1n) is 9.64. The molecule has 0 fully saturated rings. The normalized spacial score (nSPS) is 11.7. The largest absolute Gasteiger partial charge is 0.338 e. The maximum atomic E-state index is 12.8. The molecule has 2 N–H and O–H groups in total. The minimum atomic E-state index is -0.262. The maximum Gasteiger partial charge on any atom is 0.276 e. The quantitative estimate of drug-likeness (QED) is 0.542. The zero-order valence-corrected chi connectivity index (χ0v) is 16.8. The highest BCUT2D eigenvalue weighted by atomic mass is 16.2. The van der Waals surface area contributed by atoms with Crippen molar-refractivity contribution in [2.24, 2.45) is 0 Å². The number of amides is 1. The Balaban J connectivity index is 1.61. The first-order chi connectivity index (χ1) is 13.9. The third kappa shape index (κ3) is 4.03. The summed E-state index contributed by atoms with van der Waals surface area (Å²) in [6.07, 6.45) is 4.09. The van der Waals surface area contributed by atoms with Gasteiger partial charge in [-0.05, 0) is 24.3 Å². The molecule has 1 aromatic carbocycles. The average molecular weight is 388 g/mol. The van der Waals surface area contributed by atoms with E-state index in [9.17, 15) is 4.79 Å². The summed E-state index contributed by atoms with van der Waals surface area (Å²) in [6.45, 7) is 6.79. The van der Waals surface area contributed by atoms with Gasteiger partial charge in [0.05, 0.1) is 17.2 Å². The molecule has 148 valence electrons. The van der Waals surface area contributed by atoms with Crippen molar-refractivity contribution in [3.63, 3.8) is 0 Å². The number of nitrogens with one attached hydrogen (secondary N) is 2. The number of hydrogen-bond donors (Lipinski definition) is 2. The molecule has 7 nitrogen and oxygen atoms in total. The molecule has 0 radical (unpaired) electrons. The minimum Gasteiger partial charge on any atom is -0.338 e. The summed E-state index contributed by atoms with van der Waals surface area (Å²) in [6, 6.07) is 13.7. The molecule has 0 bridgehead atoms. The molecule has 0 saturated carbocycles. The van der Waals surface area contributed by atoms with Crippen molar-refractivity contribution >= 4 is 22.9 Å². The highest BCUT2D eigenvalue weighted by Gasteiger charge is 2.21. The molecule has 1 amide bonds. The lowest BCUT2D eigenvalue weighted by Gasteiger charge is -2.14. The Bertz CT molecular complexity index is 1140. The number of aromatic amines is 1. The van der Waals surface area contributed by atoms with Crippen LogP contribution in [0.15, 0.2) is 54.9 Å². The molecular weight excluding hydrogens is 364 g/mol. The minimum absolute atomic E-state index is 0.158. The van der Waals surface area contributed by atoms with Gasteiger partial charge in [0.15, 0.2) is 0 Å². The number of benzene rings is 1. The van der Waals surface area contributed by atoms with E-state index in [1.54, 1.807) is 12.4 Å². The van der Waals surface area contributed by atoms with E-state index in [0.717, 1.165) is 29.0 Å². The van der Waals surface area contributed by atoms with E-state index in [1.807, 2.05) is 67.8 Å². The topological polar surface area (TPSA) is 88.5 Å². The van der Waals surface area contributed by atoms with E-state index in [4.69, 9.17) is 0 Å². The molecule has 0 unspecified atom stereocenters. The van der Waals surface area contributed by atoms with Gasteiger partial charge < -0.3 is 9.55 Å². The first-order valence-corrected chi connectivity index (χ1v) is 9.64. The van der Waals surface area contributed by atoms with E-state index >= 15 is 0 Å². The second-order valence-electron chi connectivity index (χ2n) is 8.00. The van der Waals surface area contributed by atoms with Crippen LogP contribution in [0.2, 0.25) is 0 Å². The van der Waals surface area contributed by atoms with Gasteiger partial charge in [-0.3, -0.25) is 15.1 Å². The number of H-pyrrole nitrogens is 1. The second kappa shape index (κ2) is 7.50. The van der Waals surface area contributed by atoms with Gasteiger partial charge in [-0.2, -0.15) is 0 Å². The summed E-state index contributed by atoms with van der Waals surface area (Å²) in [5.41, 5.74) is 3.06. The molecule has 3 aromatic heterocycles. The summed E-state index contributed by atoms with van der Waals surface area (Å²) in [5.74, 6) is 1.02. The van der Waals surface area contributed by atoms with E-state index < -0.39 is 0 Å². The molecule has 0 aliphatic heterocycles. The third-order valence-corrected chi connectivity index (χ3v) is 4.73. The highest BCUT2D eigenvalue weighted by molar-refractivity contribution is 6.02. The number of rotatable bonds is 5. The molecule has 4 aromatic rings. The predicted octanol–water partition coefficient (Wildman–Crippen LogP) is 3.95. The number of carbonyl (C=O) groups excluding carboxylic acids is 1. The van der Waals surface area contributed by atoms with Crippen LogP contribution in [-0.2, 0) is 18.4 Å². The van der Waals surface area contributed by atoms with Crippen LogP contribution in [0.4, 0.5) is 5.95 Å². The first kappa shape index (κ1) is 18.9. The zero-order valence-electron chi connectivity index (χ0n) is 16.8. The molecule has 0 aliphatic rings. The zero-order chi connectivity index (χ0) is 20.4. The van der Waals surface area contributed by atoms with Gasteiger partial charge in [0.25, 0.3) is 5.91 Å². The van der Waals surface area contributed by atoms with E-state index in [1.165, 1.54) is 0 Å². The third-order valence-electron chi connectivity index (χ3n) is 4.73. The van der Waals surface area contributed by atoms with E-state index in [-0.39, 0.29) is 11.3 Å². The second-order valence-corrected chi connectivity index (χ2v) is 8.00. The Morgan fingerprint density at radius 3 is 2.62 bits per heavy atom. The molecule has 4 rings (SSSR count). The van der Waals surface area contributed by atoms with Crippen LogP contribution >= 0.6 is 0 Å². The summed E-state index contributed by atoms with van der Waals surface area (Å²) >= 11 is 0. The van der Waals surface area contributed by atoms with Crippen molar-refractivity contribution in [1.82, 2.24) is 24.5 Å². The molecule has 0 aliphatic carbocycles. The number of hydrogen-bond acceptors (Lipinski definition) is 4. The van der Waals surface area contributed by atoms with Crippen LogP contribution in [-0.4, -0.2) is 30.4 Å². The lowest BCUT2D eigenvalue weighted by Crippen LogP contribution is -2.18. The number of fused-ring (bicyclic) bond motifs is 1. The Labute approximate surface area is 169 Å². The van der Waals surface area contributed by atoms with Gasteiger partial charge in [-0.25, -0.2) is 9.97 Å². The molecule has 7 heteroatoms. The van der Waals surface area contributed by atoms with Crippen molar-refractivity contribution < 1.29 is 4.79 Å². The highest BCUT2D eigenvalue weighted by Crippen LogP contribution is 2.22. The lowest BCUT2D eigenvalue weighted by atomic mass is 9.96. The van der Waals surface area contributed by atoms with Crippen LogP contribution in [0.25, 0.3) is 11.0 Å². The van der Waals surface area contributed by atoms with Crippen molar-refractivity contribution in [3.8, 4) is 0 Å². The summed E-state index contributed by atoms with van der Waals surface area (Å²) < 4.78 is 2.02. The number of anilines is 1. The summed E-state index contributed by atoms with van der Waals surface area (Å²) in [7, 11) is 0. The fourth-order valence-corrected chi connectivity index (χ4v) is 3.16.